The average Bonchev–Trinajstić information content (AvgIpc) is 2.55. The predicted octanol–water partition coefficient (Wildman–Crippen LogP) is 2.61. The molecule has 22 heavy (non-hydrogen) atoms. The van der Waals surface area contributed by atoms with Gasteiger partial charge in [-0.1, -0.05) is 19.4 Å². The summed E-state index contributed by atoms with van der Waals surface area (Å²) in [6.07, 6.45) is 3.75. The molecule has 0 spiro atoms. The summed E-state index contributed by atoms with van der Waals surface area (Å²) in [4.78, 5) is 15.8. The highest BCUT2D eigenvalue weighted by Gasteiger charge is 2.07. The van der Waals surface area contributed by atoms with Crippen molar-refractivity contribution in [3.63, 3.8) is 0 Å². The van der Waals surface area contributed by atoms with Gasteiger partial charge in [0.05, 0.1) is 18.9 Å². The van der Waals surface area contributed by atoms with Crippen molar-refractivity contribution in [3.8, 4) is 0 Å². The summed E-state index contributed by atoms with van der Waals surface area (Å²) in [5, 5.41) is 14.0. The largest absolute Gasteiger partial charge is 0.465 e. The first-order valence-corrected chi connectivity index (χ1v) is 7.12. The van der Waals surface area contributed by atoms with E-state index in [1.165, 1.54) is 7.11 Å². The van der Waals surface area contributed by atoms with Crippen LogP contribution in [0.25, 0.3) is 0 Å². The molecular formula is C15H19N5O2. The molecule has 1 aromatic heterocycles. The van der Waals surface area contributed by atoms with Crippen LogP contribution in [-0.4, -0.2) is 34.8 Å². The summed E-state index contributed by atoms with van der Waals surface area (Å²) in [7, 11) is 1.35. The van der Waals surface area contributed by atoms with Gasteiger partial charge in [0.25, 0.3) is 0 Å². The van der Waals surface area contributed by atoms with Gasteiger partial charge in [-0.25, -0.2) is 4.79 Å². The zero-order valence-electron chi connectivity index (χ0n) is 12.7. The van der Waals surface area contributed by atoms with Crippen molar-refractivity contribution in [2.24, 2.45) is 0 Å². The van der Waals surface area contributed by atoms with Gasteiger partial charge in [0.15, 0.2) is 5.82 Å². The molecule has 2 aromatic rings. The Kier molecular flexibility index (Phi) is 5.65. The molecule has 0 bridgehead atoms. The van der Waals surface area contributed by atoms with E-state index in [1.54, 1.807) is 24.4 Å². The van der Waals surface area contributed by atoms with E-state index >= 15 is 0 Å². The van der Waals surface area contributed by atoms with Gasteiger partial charge in [-0.05, 0) is 24.6 Å². The molecule has 0 aliphatic heterocycles. The van der Waals surface area contributed by atoms with Crippen LogP contribution in [0.1, 0.15) is 30.1 Å². The number of hydrogen-bond donors (Lipinski definition) is 2. The first-order chi connectivity index (χ1) is 10.7. The van der Waals surface area contributed by atoms with E-state index in [4.69, 9.17) is 4.74 Å². The summed E-state index contributed by atoms with van der Waals surface area (Å²) in [5.41, 5.74) is 1.15. The Morgan fingerprint density at radius 2 is 2.23 bits per heavy atom. The van der Waals surface area contributed by atoms with Crippen LogP contribution in [0.3, 0.4) is 0 Å². The zero-order chi connectivity index (χ0) is 15.8. The lowest BCUT2D eigenvalue weighted by Crippen LogP contribution is -2.07. The summed E-state index contributed by atoms with van der Waals surface area (Å²) in [6, 6.07) is 6.92. The third-order valence-electron chi connectivity index (χ3n) is 2.94. The number of rotatable bonds is 7. The summed E-state index contributed by atoms with van der Waals surface area (Å²) >= 11 is 0. The van der Waals surface area contributed by atoms with E-state index in [-0.39, 0.29) is 0 Å². The van der Waals surface area contributed by atoms with Crippen molar-refractivity contribution < 1.29 is 9.53 Å². The van der Waals surface area contributed by atoms with Crippen LogP contribution >= 0.6 is 0 Å². The van der Waals surface area contributed by atoms with Gasteiger partial charge in [0, 0.05) is 12.2 Å². The first kappa shape index (κ1) is 15.7. The zero-order valence-corrected chi connectivity index (χ0v) is 12.7. The normalized spacial score (nSPS) is 10.1. The van der Waals surface area contributed by atoms with Crippen LogP contribution in [0.4, 0.5) is 17.5 Å². The Hall–Kier alpha value is -2.70. The molecule has 0 amide bonds. The fourth-order valence-electron chi connectivity index (χ4n) is 1.81. The van der Waals surface area contributed by atoms with E-state index in [2.05, 4.69) is 32.7 Å². The minimum absolute atomic E-state index is 0.364. The molecular weight excluding hydrogens is 282 g/mol. The minimum Gasteiger partial charge on any atom is -0.465 e. The van der Waals surface area contributed by atoms with Gasteiger partial charge in [0.2, 0.25) is 5.95 Å². The van der Waals surface area contributed by atoms with Crippen LogP contribution in [0, 0.1) is 0 Å². The monoisotopic (exact) mass is 301 g/mol. The molecule has 1 aromatic carbocycles. The van der Waals surface area contributed by atoms with Crippen LogP contribution in [0.5, 0.6) is 0 Å². The minimum atomic E-state index is -0.391. The van der Waals surface area contributed by atoms with Crippen LogP contribution in [-0.2, 0) is 4.74 Å². The molecule has 2 N–H and O–H groups in total. The SMILES string of the molecule is CCCCNc1cnnc(Nc2cccc(C(=O)OC)c2)n1. The summed E-state index contributed by atoms with van der Waals surface area (Å²) < 4.78 is 4.70. The number of aromatic nitrogens is 3. The number of nitrogens with one attached hydrogen (secondary N) is 2. The highest BCUT2D eigenvalue weighted by Crippen LogP contribution is 2.16. The maximum atomic E-state index is 11.5. The third kappa shape index (κ3) is 4.41. The first-order valence-electron chi connectivity index (χ1n) is 7.12. The van der Waals surface area contributed by atoms with Gasteiger partial charge >= 0.3 is 5.97 Å². The van der Waals surface area contributed by atoms with E-state index in [9.17, 15) is 4.79 Å². The molecule has 2 rings (SSSR count). The number of methoxy groups -OCH3 is 1. The molecule has 116 valence electrons. The lowest BCUT2D eigenvalue weighted by molar-refractivity contribution is 0.0601. The molecule has 0 unspecified atom stereocenters. The third-order valence-corrected chi connectivity index (χ3v) is 2.94. The topological polar surface area (TPSA) is 89.0 Å². The van der Waals surface area contributed by atoms with Crippen molar-refractivity contribution in [3.05, 3.63) is 36.0 Å². The van der Waals surface area contributed by atoms with Crippen molar-refractivity contribution in [1.29, 1.82) is 0 Å². The van der Waals surface area contributed by atoms with Gasteiger partial charge in [-0.2, -0.15) is 10.1 Å². The van der Waals surface area contributed by atoms with E-state index in [0.29, 0.717) is 23.0 Å². The maximum absolute atomic E-state index is 11.5. The standard InChI is InChI=1S/C15H19N5O2/c1-3-4-8-16-13-10-17-20-15(19-13)18-12-7-5-6-11(9-12)14(21)22-2/h5-7,9-10H,3-4,8H2,1-2H3,(H2,16,18,19,20). The van der Waals surface area contributed by atoms with Crippen molar-refractivity contribution in [1.82, 2.24) is 15.2 Å². The summed E-state index contributed by atoms with van der Waals surface area (Å²) in [6.45, 7) is 2.97. The van der Waals surface area contributed by atoms with Crippen LogP contribution in [0.2, 0.25) is 0 Å². The van der Waals surface area contributed by atoms with Crippen LogP contribution in [0.15, 0.2) is 30.5 Å². The smallest absolute Gasteiger partial charge is 0.337 e. The Bertz CT molecular complexity index is 633. The number of ether oxygens (including phenoxy) is 1. The number of unbranched alkanes of at least 4 members (excludes halogenated alkanes) is 1. The highest BCUT2D eigenvalue weighted by atomic mass is 16.5. The number of esters is 1. The van der Waals surface area contributed by atoms with E-state index in [1.807, 2.05) is 6.07 Å². The van der Waals surface area contributed by atoms with Crippen molar-refractivity contribution in [2.75, 3.05) is 24.3 Å². The van der Waals surface area contributed by atoms with Gasteiger partial charge in [0.1, 0.15) is 0 Å². The molecule has 0 aliphatic rings. The predicted molar refractivity (Wildman–Crippen MR) is 84.3 cm³/mol. The lowest BCUT2D eigenvalue weighted by atomic mass is 10.2. The average molecular weight is 301 g/mol. The molecule has 0 saturated carbocycles. The van der Waals surface area contributed by atoms with Crippen molar-refractivity contribution in [2.45, 2.75) is 19.8 Å². The van der Waals surface area contributed by atoms with Crippen LogP contribution < -0.4 is 10.6 Å². The number of carbonyl (C=O) groups is 1. The highest BCUT2D eigenvalue weighted by molar-refractivity contribution is 5.90. The van der Waals surface area contributed by atoms with Gasteiger partial charge in [-0.15, -0.1) is 5.10 Å². The fraction of sp³-hybridized carbons (Fsp3) is 0.333. The number of carbonyl (C=O) groups excluding carboxylic acids is 1. The molecule has 0 atom stereocenters. The lowest BCUT2D eigenvalue weighted by Gasteiger charge is -2.08. The molecule has 1 heterocycles. The Morgan fingerprint density at radius 3 is 3.00 bits per heavy atom. The number of nitrogens with zero attached hydrogens (tertiary/aromatic N) is 3. The fourth-order valence-corrected chi connectivity index (χ4v) is 1.81. The second-order valence-electron chi connectivity index (χ2n) is 4.64. The van der Waals surface area contributed by atoms with Crippen molar-refractivity contribution >= 4 is 23.4 Å². The second kappa shape index (κ2) is 7.92. The maximum Gasteiger partial charge on any atom is 0.337 e. The Balaban J connectivity index is 2.07. The molecule has 0 aliphatic carbocycles. The molecule has 7 nitrogen and oxygen atoms in total. The Morgan fingerprint density at radius 1 is 1.36 bits per heavy atom. The molecule has 0 fully saturated rings. The number of benzene rings is 1. The molecule has 0 saturated heterocycles. The summed E-state index contributed by atoms with van der Waals surface area (Å²) in [5.74, 6) is 0.635. The van der Waals surface area contributed by atoms with Gasteiger partial charge < -0.3 is 15.4 Å². The Labute approximate surface area is 129 Å². The number of hydrogen-bond acceptors (Lipinski definition) is 7. The van der Waals surface area contributed by atoms with Gasteiger partial charge in [-0.3, -0.25) is 0 Å². The second-order valence-corrected chi connectivity index (χ2v) is 4.64. The molecule has 0 radical (unpaired) electrons. The van der Waals surface area contributed by atoms with E-state index < -0.39 is 5.97 Å². The quantitative estimate of drug-likeness (QED) is 0.600. The molecule has 7 heteroatoms. The van der Waals surface area contributed by atoms with E-state index in [0.717, 1.165) is 19.4 Å². The number of anilines is 3.